The monoisotopic (exact) mass is 362 g/mol. The average molecular weight is 363 g/mol. The first-order valence-corrected chi connectivity index (χ1v) is 10.1. The lowest BCUT2D eigenvalue weighted by atomic mass is 10.0. The molecular weight excluding hydrogens is 340 g/mol. The third-order valence-electron chi connectivity index (χ3n) is 5.10. The summed E-state index contributed by atoms with van der Waals surface area (Å²) in [5, 5.41) is 6.85. The van der Waals surface area contributed by atoms with Crippen molar-refractivity contribution in [1.82, 2.24) is 14.7 Å². The molecule has 1 aliphatic heterocycles. The molecule has 1 atom stereocenters. The summed E-state index contributed by atoms with van der Waals surface area (Å²) in [6, 6.07) is 16.0. The first-order valence-electron chi connectivity index (χ1n) is 9.27. The molecule has 0 amide bonds. The Morgan fingerprint density at radius 1 is 1.08 bits per heavy atom. The van der Waals surface area contributed by atoms with Gasteiger partial charge < -0.3 is 4.90 Å². The molecule has 2 aromatic heterocycles. The number of rotatable bonds is 4. The second-order valence-corrected chi connectivity index (χ2v) is 8.30. The summed E-state index contributed by atoms with van der Waals surface area (Å²) in [6.45, 7) is 4.33. The highest BCUT2D eigenvalue weighted by atomic mass is 32.1. The van der Waals surface area contributed by atoms with Gasteiger partial charge in [-0.25, -0.2) is 9.67 Å². The first kappa shape index (κ1) is 15.8. The van der Waals surface area contributed by atoms with E-state index in [9.17, 15) is 0 Å². The number of aliphatic imine (C=N–C) groups is 1. The molecule has 26 heavy (non-hydrogen) atoms. The van der Waals surface area contributed by atoms with Crippen LogP contribution in [-0.4, -0.2) is 26.6 Å². The lowest BCUT2D eigenvalue weighted by molar-refractivity contribution is 0.345. The van der Waals surface area contributed by atoms with Crippen LogP contribution in [0.3, 0.4) is 0 Å². The number of hydrogen-bond donors (Lipinski definition) is 0. The highest BCUT2D eigenvalue weighted by molar-refractivity contribution is 7.10. The van der Waals surface area contributed by atoms with E-state index in [0.717, 1.165) is 11.7 Å². The highest BCUT2D eigenvalue weighted by Gasteiger charge is 2.42. The van der Waals surface area contributed by atoms with Gasteiger partial charge in [0, 0.05) is 28.1 Å². The molecule has 1 aliphatic carbocycles. The molecule has 1 fully saturated rings. The van der Waals surface area contributed by atoms with Gasteiger partial charge in [0.25, 0.3) is 0 Å². The van der Waals surface area contributed by atoms with E-state index in [-0.39, 0.29) is 12.1 Å². The van der Waals surface area contributed by atoms with Crippen LogP contribution >= 0.6 is 11.3 Å². The fraction of sp³-hybridized carbons (Fsp3) is 0.333. The van der Waals surface area contributed by atoms with E-state index in [1.54, 1.807) is 0 Å². The zero-order valence-corrected chi connectivity index (χ0v) is 15.9. The first-order chi connectivity index (χ1) is 12.7. The van der Waals surface area contributed by atoms with E-state index in [0.29, 0.717) is 6.04 Å². The number of thiophene rings is 1. The second-order valence-electron chi connectivity index (χ2n) is 7.32. The molecule has 0 saturated heterocycles. The maximum Gasteiger partial charge on any atom is 0.158 e. The van der Waals surface area contributed by atoms with Crippen molar-refractivity contribution in [3.8, 4) is 0 Å². The predicted molar refractivity (Wildman–Crippen MR) is 106 cm³/mol. The van der Waals surface area contributed by atoms with Gasteiger partial charge in [-0.3, -0.25) is 0 Å². The Balaban J connectivity index is 1.74. The molecule has 5 heteroatoms. The van der Waals surface area contributed by atoms with Gasteiger partial charge in [-0.1, -0.05) is 36.4 Å². The van der Waals surface area contributed by atoms with Crippen LogP contribution in [-0.2, 0) is 0 Å². The van der Waals surface area contributed by atoms with Crippen LogP contribution in [0.1, 0.15) is 54.8 Å². The predicted octanol–water partition coefficient (Wildman–Crippen LogP) is 5.17. The zero-order valence-electron chi connectivity index (χ0n) is 15.0. The Kier molecular flexibility index (Phi) is 3.71. The van der Waals surface area contributed by atoms with Gasteiger partial charge in [0.2, 0.25) is 0 Å². The van der Waals surface area contributed by atoms with E-state index < -0.39 is 0 Å². The molecule has 1 saturated carbocycles. The average Bonchev–Trinajstić information content (AvgIpc) is 3.18. The van der Waals surface area contributed by atoms with E-state index in [2.05, 4.69) is 76.4 Å². The lowest BCUT2D eigenvalue weighted by Crippen LogP contribution is -2.39. The third kappa shape index (κ3) is 2.50. The van der Waals surface area contributed by atoms with E-state index >= 15 is 0 Å². The van der Waals surface area contributed by atoms with E-state index in [4.69, 9.17) is 4.99 Å². The van der Waals surface area contributed by atoms with Gasteiger partial charge in [-0.05, 0) is 38.1 Å². The number of fused-ring (bicyclic) bond motifs is 1. The van der Waals surface area contributed by atoms with Gasteiger partial charge in [-0.15, -0.1) is 11.3 Å². The summed E-state index contributed by atoms with van der Waals surface area (Å²) in [7, 11) is 0. The van der Waals surface area contributed by atoms with Gasteiger partial charge in [0.05, 0.1) is 12.2 Å². The summed E-state index contributed by atoms with van der Waals surface area (Å²) in [5.74, 6) is 2.09. The molecule has 0 bridgehead atoms. The van der Waals surface area contributed by atoms with Crippen LogP contribution in [0.2, 0.25) is 0 Å². The largest absolute Gasteiger partial charge is 0.341 e. The number of aromatic nitrogens is 2. The Hall–Kier alpha value is -2.40. The fourth-order valence-corrected chi connectivity index (χ4v) is 4.60. The second kappa shape index (κ2) is 6.09. The van der Waals surface area contributed by atoms with Crippen molar-refractivity contribution in [3.63, 3.8) is 0 Å². The molecule has 0 N–H and O–H groups in total. The van der Waals surface area contributed by atoms with Crippen molar-refractivity contribution in [1.29, 1.82) is 0 Å². The Morgan fingerprint density at radius 3 is 2.54 bits per heavy atom. The molecule has 132 valence electrons. The number of amidine groups is 1. The maximum absolute atomic E-state index is 5.15. The molecular formula is C21H22N4S. The van der Waals surface area contributed by atoms with Crippen LogP contribution < -0.4 is 0 Å². The highest BCUT2D eigenvalue weighted by Crippen LogP contribution is 2.47. The van der Waals surface area contributed by atoms with Crippen LogP contribution in [0.5, 0.6) is 0 Å². The van der Waals surface area contributed by atoms with Crippen molar-refractivity contribution in [2.75, 3.05) is 0 Å². The van der Waals surface area contributed by atoms with Gasteiger partial charge in [0.15, 0.2) is 5.82 Å². The van der Waals surface area contributed by atoms with Crippen molar-refractivity contribution in [2.45, 2.75) is 44.8 Å². The van der Waals surface area contributed by atoms with E-state index in [1.807, 2.05) is 17.5 Å². The molecule has 1 unspecified atom stereocenters. The minimum Gasteiger partial charge on any atom is -0.341 e. The van der Waals surface area contributed by atoms with Crippen molar-refractivity contribution in [3.05, 3.63) is 70.0 Å². The summed E-state index contributed by atoms with van der Waals surface area (Å²) in [5.41, 5.74) is 2.41. The molecule has 0 radical (unpaired) electrons. The summed E-state index contributed by atoms with van der Waals surface area (Å²) >= 11 is 1.82. The normalized spacial score (nSPS) is 19.6. The van der Waals surface area contributed by atoms with Crippen LogP contribution in [0.25, 0.3) is 0 Å². The topological polar surface area (TPSA) is 33.4 Å². The number of hydrogen-bond acceptors (Lipinski definition) is 4. The quantitative estimate of drug-likeness (QED) is 0.641. The molecule has 5 rings (SSSR count). The van der Waals surface area contributed by atoms with E-state index in [1.165, 1.54) is 28.8 Å². The fourth-order valence-electron chi connectivity index (χ4n) is 3.76. The number of nitrogens with zero attached hydrogens (tertiary/aromatic N) is 4. The van der Waals surface area contributed by atoms with Gasteiger partial charge in [0.1, 0.15) is 5.84 Å². The molecule has 0 spiro atoms. The molecule has 3 heterocycles. The molecule has 1 aromatic carbocycles. The number of benzene rings is 1. The third-order valence-corrected chi connectivity index (χ3v) is 6.02. The molecule has 4 nitrogen and oxygen atoms in total. The SMILES string of the molecule is CC(C)n1ncc2c1N=C(c1ccccc1)N(C1CC1)C2c1cccs1. The lowest BCUT2D eigenvalue weighted by Gasteiger charge is -2.37. The minimum absolute atomic E-state index is 0.206. The van der Waals surface area contributed by atoms with Crippen LogP contribution in [0.15, 0.2) is 59.0 Å². The van der Waals surface area contributed by atoms with Gasteiger partial charge in [-0.2, -0.15) is 5.10 Å². The van der Waals surface area contributed by atoms with Crippen LogP contribution in [0.4, 0.5) is 5.82 Å². The summed E-state index contributed by atoms with van der Waals surface area (Å²) in [4.78, 5) is 9.05. The van der Waals surface area contributed by atoms with Crippen molar-refractivity contribution < 1.29 is 0 Å². The summed E-state index contributed by atoms with van der Waals surface area (Å²) in [6.07, 6.45) is 4.50. The smallest absolute Gasteiger partial charge is 0.158 e. The standard InChI is InChI=1S/C21H22N4S/c1-14(2)25-21-17(13-22-25)19(18-9-6-12-26-18)24(16-10-11-16)20(23-21)15-7-4-3-5-8-15/h3-9,12-14,16,19H,10-11H2,1-2H3. The van der Waals surface area contributed by atoms with Crippen molar-refractivity contribution >= 4 is 23.0 Å². The Labute approximate surface area is 157 Å². The Morgan fingerprint density at radius 2 is 1.88 bits per heavy atom. The van der Waals surface area contributed by atoms with Crippen molar-refractivity contribution in [2.24, 2.45) is 4.99 Å². The Bertz CT molecular complexity index is 936. The van der Waals surface area contributed by atoms with Gasteiger partial charge >= 0.3 is 0 Å². The maximum atomic E-state index is 5.15. The molecule has 2 aliphatic rings. The molecule has 3 aromatic rings. The minimum atomic E-state index is 0.206. The summed E-state index contributed by atoms with van der Waals surface area (Å²) < 4.78 is 2.06. The zero-order chi connectivity index (χ0) is 17.7. The van der Waals surface area contributed by atoms with Crippen LogP contribution in [0, 0.1) is 0 Å².